The smallest absolute Gasteiger partial charge is 0.256 e. The fraction of sp³-hybridized carbons (Fsp3) is 0.409. The fourth-order valence-electron chi connectivity index (χ4n) is 4.54. The second-order valence-electron chi connectivity index (χ2n) is 8.17. The van der Waals surface area contributed by atoms with E-state index in [9.17, 15) is 4.79 Å². The van der Waals surface area contributed by atoms with Crippen molar-refractivity contribution in [3.63, 3.8) is 0 Å². The molecular weight excluding hydrogens is 394 g/mol. The van der Waals surface area contributed by atoms with Crippen LogP contribution in [-0.2, 0) is 0 Å². The lowest BCUT2D eigenvalue weighted by molar-refractivity contribution is 0.0589. The number of hydrogen-bond acceptors (Lipinski definition) is 7. The Labute approximate surface area is 180 Å². The minimum Gasteiger partial charge on any atom is -0.497 e. The van der Waals surface area contributed by atoms with Gasteiger partial charge in [-0.25, -0.2) is 9.97 Å². The molecule has 1 aromatic carbocycles. The Bertz CT molecular complexity index is 1090. The van der Waals surface area contributed by atoms with Gasteiger partial charge in [0.15, 0.2) is 0 Å². The Morgan fingerprint density at radius 1 is 1.06 bits per heavy atom. The number of nitrogens with zero attached hydrogens (tertiary/aromatic N) is 7. The van der Waals surface area contributed by atoms with E-state index in [1.54, 1.807) is 37.7 Å². The number of aromatic nitrogens is 5. The number of anilines is 1. The first-order valence-corrected chi connectivity index (χ1v) is 10.5. The van der Waals surface area contributed by atoms with Crippen LogP contribution in [0.25, 0.3) is 5.69 Å². The Kier molecular flexibility index (Phi) is 4.80. The van der Waals surface area contributed by atoms with Crippen molar-refractivity contribution in [3.8, 4) is 11.4 Å². The van der Waals surface area contributed by atoms with E-state index in [1.807, 2.05) is 24.8 Å². The summed E-state index contributed by atoms with van der Waals surface area (Å²) in [6.45, 7) is 6.30. The maximum absolute atomic E-state index is 13.5. The van der Waals surface area contributed by atoms with Gasteiger partial charge in [-0.15, -0.1) is 0 Å². The number of carbonyl (C=O) groups excluding carboxylic acids is 1. The molecule has 2 unspecified atom stereocenters. The van der Waals surface area contributed by atoms with Crippen molar-refractivity contribution in [3.05, 3.63) is 53.6 Å². The number of carbonyl (C=O) groups is 1. The number of fused-ring (bicyclic) bond motifs is 1. The molecule has 9 nitrogen and oxygen atoms in total. The number of likely N-dealkylation sites (tertiary alicyclic amines) is 1. The van der Waals surface area contributed by atoms with Crippen LogP contribution in [0.5, 0.6) is 5.75 Å². The summed E-state index contributed by atoms with van der Waals surface area (Å²) in [6.07, 6.45) is 4.16. The lowest BCUT2D eigenvalue weighted by Crippen LogP contribution is -2.65. The number of hydrogen-bond donors (Lipinski definition) is 0. The van der Waals surface area contributed by atoms with Gasteiger partial charge in [-0.2, -0.15) is 15.0 Å². The highest BCUT2D eigenvalue weighted by Gasteiger charge is 2.45. The zero-order valence-corrected chi connectivity index (χ0v) is 17.9. The Morgan fingerprint density at radius 3 is 2.52 bits per heavy atom. The van der Waals surface area contributed by atoms with Gasteiger partial charge >= 0.3 is 0 Å². The van der Waals surface area contributed by atoms with Gasteiger partial charge in [0.05, 0.1) is 31.1 Å². The van der Waals surface area contributed by atoms with E-state index in [4.69, 9.17) is 4.74 Å². The van der Waals surface area contributed by atoms with Crippen molar-refractivity contribution in [1.29, 1.82) is 0 Å². The molecule has 160 valence electrons. The first-order chi connectivity index (χ1) is 15.0. The minimum absolute atomic E-state index is 0.0263. The number of rotatable bonds is 4. The van der Waals surface area contributed by atoms with Crippen molar-refractivity contribution >= 4 is 11.9 Å². The normalized spacial score (nSPS) is 20.2. The summed E-state index contributed by atoms with van der Waals surface area (Å²) in [5, 5.41) is 8.42. The van der Waals surface area contributed by atoms with E-state index < -0.39 is 0 Å². The number of benzene rings is 1. The van der Waals surface area contributed by atoms with Crippen LogP contribution in [0.15, 0.2) is 36.7 Å². The monoisotopic (exact) mass is 419 g/mol. The third kappa shape index (κ3) is 3.49. The van der Waals surface area contributed by atoms with E-state index in [-0.39, 0.29) is 11.9 Å². The molecule has 9 heteroatoms. The van der Waals surface area contributed by atoms with Crippen LogP contribution in [0.4, 0.5) is 5.95 Å². The van der Waals surface area contributed by atoms with E-state index in [2.05, 4.69) is 25.1 Å². The molecule has 2 fully saturated rings. The largest absolute Gasteiger partial charge is 0.497 e. The highest BCUT2D eigenvalue weighted by molar-refractivity contribution is 5.98. The Hall–Kier alpha value is -3.49. The Balaban J connectivity index is 1.40. The van der Waals surface area contributed by atoms with Gasteiger partial charge in [-0.3, -0.25) is 4.79 Å². The van der Waals surface area contributed by atoms with Crippen LogP contribution in [0.3, 0.4) is 0 Å². The predicted octanol–water partition coefficient (Wildman–Crippen LogP) is 2.03. The highest BCUT2D eigenvalue weighted by Crippen LogP contribution is 2.36. The van der Waals surface area contributed by atoms with Gasteiger partial charge in [-0.05, 0) is 38.5 Å². The van der Waals surface area contributed by atoms with E-state index in [1.165, 1.54) is 4.80 Å². The number of methoxy groups -OCH3 is 1. The standard InChI is InChI=1S/C22H25N7O2/c1-14-10-15(2)26-22(25-14)28-12-16-6-9-27(13-20(16)28)21(30)18-5-4-17(31-3)11-19(18)29-23-7-8-24-29/h4-5,7-8,10-11,16,20H,6,9,12-13H2,1-3H3. The fourth-order valence-corrected chi connectivity index (χ4v) is 4.54. The van der Waals surface area contributed by atoms with Gasteiger partial charge in [0, 0.05) is 43.0 Å². The molecule has 4 heterocycles. The van der Waals surface area contributed by atoms with E-state index in [0.717, 1.165) is 36.8 Å². The summed E-state index contributed by atoms with van der Waals surface area (Å²) in [4.78, 5) is 28.4. The molecule has 0 bridgehead atoms. The molecule has 0 N–H and O–H groups in total. The van der Waals surface area contributed by atoms with Crippen molar-refractivity contribution in [2.24, 2.45) is 5.92 Å². The van der Waals surface area contributed by atoms with Gasteiger partial charge in [0.1, 0.15) is 11.4 Å². The molecule has 1 amide bonds. The van der Waals surface area contributed by atoms with E-state index in [0.29, 0.717) is 29.5 Å². The molecule has 0 spiro atoms. The van der Waals surface area contributed by atoms with Crippen molar-refractivity contribution < 1.29 is 9.53 Å². The molecular formula is C22H25N7O2. The third-order valence-electron chi connectivity index (χ3n) is 6.14. The SMILES string of the molecule is COc1ccc(C(=O)N2CCC3CN(c4nc(C)cc(C)n4)C3C2)c(-n2nccn2)c1. The molecule has 0 radical (unpaired) electrons. The number of amides is 1. The predicted molar refractivity (Wildman–Crippen MR) is 115 cm³/mol. The van der Waals surface area contributed by atoms with Crippen molar-refractivity contribution in [2.75, 3.05) is 31.6 Å². The van der Waals surface area contributed by atoms with Crippen molar-refractivity contribution in [2.45, 2.75) is 26.3 Å². The molecule has 2 saturated heterocycles. The first-order valence-electron chi connectivity index (χ1n) is 10.5. The van der Waals surface area contributed by atoms with E-state index >= 15 is 0 Å². The topological polar surface area (TPSA) is 89.3 Å². The lowest BCUT2D eigenvalue weighted by Gasteiger charge is -2.53. The number of piperidine rings is 1. The quantitative estimate of drug-likeness (QED) is 0.639. The Morgan fingerprint density at radius 2 is 1.81 bits per heavy atom. The lowest BCUT2D eigenvalue weighted by atomic mass is 9.82. The summed E-state index contributed by atoms with van der Waals surface area (Å²) in [5.74, 6) is 1.96. The van der Waals surface area contributed by atoms with Gasteiger partial charge in [0.25, 0.3) is 5.91 Å². The van der Waals surface area contributed by atoms with Crippen LogP contribution in [0.2, 0.25) is 0 Å². The van der Waals surface area contributed by atoms with Gasteiger partial charge < -0.3 is 14.5 Å². The van der Waals surface area contributed by atoms with Crippen LogP contribution in [0, 0.1) is 19.8 Å². The molecule has 3 aromatic rings. The maximum Gasteiger partial charge on any atom is 0.256 e. The zero-order chi connectivity index (χ0) is 21.5. The van der Waals surface area contributed by atoms with Crippen molar-refractivity contribution in [1.82, 2.24) is 29.9 Å². The molecule has 2 aliphatic heterocycles. The molecule has 2 atom stereocenters. The van der Waals surface area contributed by atoms with Gasteiger partial charge in [-0.1, -0.05) is 0 Å². The first kappa shape index (κ1) is 19.5. The van der Waals surface area contributed by atoms with Crippen LogP contribution >= 0.6 is 0 Å². The third-order valence-corrected chi connectivity index (χ3v) is 6.14. The summed E-state index contributed by atoms with van der Waals surface area (Å²) in [5.41, 5.74) is 3.09. The molecule has 0 aliphatic carbocycles. The zero-order valence-electron chi connectivity index (χ0n) is 17.9. The van der Waals surface area contributed by atoms with Crippen LogP contribution < -0.4 is 9.64 Å². The highest BCUT2D eigenvalue weighted by atomic mass is 16.5. The average molecular weight is 419 g/mol. The molecule has 31 heavy (non-hydrogen) atoms. The van der Waals surface area contributed by atoms with Gasteiger partial charge in [0.2, 0.25) is 5.95 Å². The van der Waals surface area contributed by atoms with Crippen LogP contribution in [0.1, 0.15) is 28.2 Å². The minimum atomic E-state index is -0.0263. The summed E-state index contributed by atoms with van der Waals surface area (Å²) in [7, 11) is 1.60. The maximum atomic E-state index is 13.5. The summed E-state index contributed by atoms with van der Waals surface area (Å²) < 4.78 is 5.34. The van der Waals surface area contributed by atoms with Crippen LogP contribution in [-0.4, -0.2) is 68.6 Å². The molecule has 5 rings (SSSR count). The summed E-state index contributed by atoms with van der Waals surface area (Å²) in [6, 6.07) is 7.59. The molecule has 2 aromatic heterocycles. The second kappa shape index (κ2) is 7.64. The number of aryl methyl sites for hydroxylation is 2. The average Bonchev–Trinajstić information content (AvgIpc) is 3.28. The molecule has 0 saturated carbocycles. The molecule has 2 aliphatic rings. The number of ether oxygens (including phenoxy) is 1. The second-order valence-corrected chi connectivity index (χ2v) is 8.17. The summed E-state index contributed by atoms with van der Waals surface area (Å²) >= 11 is 0.